The molecular weight excluding hydrogens is 372 g/mol. The van der Waals surface area contributed by atoms with Gasteiger partial charge in [0.2, 0.25) is 0 Å². The van der Waals surface area contributed by atoms with Crippen LogP contribution in [0.5, 0.6) is 0 Å². The summed E-state index contributed by atoms with van der Waals surface area (Å²) in [6, 6.07) is 10.7. The Morgan fingerprint density at radius 2 is 1.88 bits per heavy atom. The second-order valence-corrected chi connectivity index (χ2v) is 6.88. The lowest BCUT2D eigenvalue weighted by atomic mass is 10.2. The molecule has 1 saturated heterocycles. The second kappa shape index (κ2) is 6.97. The van der Waals surface area contributed by atoms with E-state index in [1.54, 1.807) is 30.3 Å². The van der Waals surface area contributed by atoms with Gasteiger partial charge in [-0.05, 0) is 53.2 Å². The van der Waals surface area contributed by atoms with Gasteiger partial charge in [0.05, 0.1) is 21.5 Å². The Morgan fingerprint density at radius 3 is 2.58 bits per heavy atom. The van der Waals surface area contributed by atoms with Gasteiger partial charge in [0.15, 0.2) is 0 Å². The molecule has 0 radical (unpaired) electrons. The van der Waals surface area contributed by atoms with E-state index < -0.39 is 11.7 Å². The first kappa shape index (κ1) is 17.0. The van der Waals surface area contributed by atoms with Gasteiger partial charge in [-0.1, -0.05) is 41.4 Å². The molecule has 0 bridgehead atoms. The van der Waals surface area contributed by atoms with Gasteiger partial charge in [-0.25, -0.2) is 4.39 Å². The summed E-state index contributed by atoms with van der Waals surface area (Å²) in [5, 5.41) is 0.380. The predicted molar refractivity (Wildman–Crippen MR) is 94.4 cm³/mol. The Kier molecular flexibility index (Phi) is 4.94. The normalized spacial score (nSPS) is 16.3. The van der Waals surface area contributed by atoms with Crippen LogP contribution in [-0.2, 0) is 11.3 Å². The monoisotopic (exact) mass is 381 g/mol. The van der Waals surface area contributed by atoms with Crippen LogP contribution < -0.4 is 0 Å². The molecule has 0 aromatic heterocycles. The summed E-state index contributed by atoms with van der Waals surface area (Å²) in [7, 11) is 0. The minimum Gasteiger partial charge on any atom is -0.268 e. The summed E-state index contributed by atoms with van der Waals surface area (Å²) >= 11 is 12.6. The van der Waals surface area contributed by atoms with Crippen LogP contribution in [-0.4, -0.2) is 16.0 Å². The van der Waals surface area contributed by atoms with Gasteiger partial charge in [-0.15, -0.1) is 0 Å². The van der Waals surface area contributed by atoms with E-state index in [2.05, 4.69) is 0 Å². The number of amides is 2. The Morgan fingerprint density at radius 1 is 1.08 bits per heavy atom. The van der Waals surface area contributed by atoms with E-state index in [1.165, 1.54) is 18.2 Å². The quantitative estimate of drug-likeness (QED) is 0.670. The number of nitrogens with zero attached hydrogens (tertiary/aromatic N) is 1. The zero-order valence-electron chi connectivity index (χ0n) is 12.1. The maximum atomic E-state index is 13.2. The van der Waals surface area contributed by atoms with Crippen molar-refractivity contribution in [1.29, 1.82) is 0 Å². The lowest BCUT2D eigenvalue weighted by Gasteiger charge is -2.12. The third-order valence-corrected chi connectivity index (χ3v) is 4.99. The fourth-order valence-electron chi connectivity index (χ4n) is 2.20. The number of imide groups is 1. The third kappa shape index (κ3) is 3.64. The molecule has 0 unspecified atom stereocenters. The van der Waals surface area contributed by atoms with Gasteiger partial charge < -0.3 is 0 Å². The number of hydrogen-bond donors (Lipinski definition) is 0. The van der Waals surface area contributed by atoms with Crippen molar-refractivity contribution in [3.8, 4) is 0 Å². The summed E-state index contributed by atoms with van der Waals surface area (Å²) in [6.07, 6.45) is 1.50. The van der Waals surface area contributed by atoms with Crippen LogP contribution in [0, 0.1) is 5.82 Å². The van der Waals surface area contributed by atoms with E-state index in [4.69, 9.17) is 23.2 Å². The number of rotatable bonds is 3. The number of carbonyl (C=O) groups is 2. The molecule has 0 N–H and O–H groups in total. The van der Waals surface area contributed by atoms with Crippen LogP contribution in [0.2, 0.25) is 10.0 Å². The number of benzene rings is 2. The molecule has 3 rings (SSSR count). The lowest BCUT2D eigenvalue weighted by molar-refractivity contribution is -0.123. The summed E-state index contributed by atoms with van der Waals surface area (Å²) in [6.45, 7) is 0.0993. The van der Waals surface area contributed by atoms with E-state index >= 15 is 0 Å². The highest BCUT2D eigenvalue weighted by molar-refractivity contribution is 8.18. The Bertz CT molecular complexity index is 869. The molecule has 2 amide bonds. The molecule has 0 spiro atoms. The third-order valence-electron chi connectivity index (χ3n) is 3.34. The van der Waals surface area contributed by atoms with Crippen LogP contribution in [0.1, 0.15) is 11.1 Å². The van der Waals surface area contributed by atoms with Crippen molar-refractivity contribution in [2.75, 3.05) is 0 Å². The molecule has 1 fully saturated rings. The molecule has 0 atom stereocenters. The van der Waals surface area contributed by atoms with Gasteiger partial charge in [-0.2, -0.15) is 0 Å². The highest BCUT2D eigenvalue weighted by Gasteiger charge is 2.35. The van der Waals surface area contributed by atoms with Crippen LogP contribution >= 0.6 is 35.0 Å². The van der Waals surface area contributed by atoms with Crippen LogP contribution in [0.25, 0.3) is 6.08 Å². The molecule has 2 aromatic carbocycles. The molecule has 1 heterocycles. The van der Waals surface area contributed by atoms with E-state index in [0.29, 0.717) is 21.2 Å². The summed E-state index contributed by atoms with van der Waals surface area (Å²) in [5.74, 6) is -0.820. The Balaban J connectivity index is 1.82. The fourth-order valence-corrected chi connectivity index (χ4v) is 3.36. The SMILES string of the molecule is O=C1S/C(=C/c2cccc(F)c2)C(=O)N1Cc1ccc(Cl)c(Cl)c1. The van der Waals surface area contributed by atoms with Crippen molar-refractivity contribution in [1.82, 2.24) is 4.90 Å². The van der Waals surface area contributed by atoms with Gasteiger partial charge in [0.1, 0.15) is 5.82 Å². The van der Waals surface area contributed by atoms with Crippen molar-refractivity contribution >= 4 is 52.2 Å². The molecule has 1 aliphatic heterocycles. The van der Waals surface area contributed by atoms with Crippen LogP contribution in [0.3, 0.4) is 0 Å². The fraction of sp³-hybridized carbons (Fsp3) is 0.0588. The topological polar surface area (TPSA) is 37.4 Å². The molecule has 24 heavy (non-hydrogen) atoms. The first-order valence-corrected chi connectivity index (χ1v) is 8.46. The summed E-state index contributed by atoms with van der Waals surface area (Å²) in [4.78, 5) is 25.9. The number of carbonyl (C=O) groups excluding carboxylic acids is 2. The Hall–Kier alpha value is -1.82. The second-order valence-electron chi connectivity index (χ2n) is 5.07. The van der Waals surface area contributed by atoms with Crippen molar-refractivity contribution < 1.29 is 14.0 Å². The molecule has 1 aliphatic rings. The average molecular weight is 382 g/mol. The van der Waals surface area contributed by atoms with Crippen LogP contribution in [0.15, 0.2) is 47.4 Å². The Labute approximate surface area is 152 Å². The average Bonchev–Trinajstić information content (AvgIpc) is 2.78. The summed E-state index contributed by atoms with van der Waals surface area (Å²) < 4.78 is 13.2. The van der Waals surface area contributed by atoms with E-state index in [-0.39, 0.29) is 16.7 Å². The smallest absolute Gasteiger partial charge is 0.268 e. The predicted octanol–water partition coefficient (Wildman–Crippen LogP) is 5.37. The van der Waals surface area contributed by atoms with Gasteiger partial charge in [-0.3, -0.25) is 14.5 Å². The molecule has 7 heteroatoms. The van der Waals surface area contributed by atoms with Gasteiger partial charge >= 0.3 is 0 Å². The largest absolute Gasteiger partial charge is 0.293 e. The van der Waals surface area contributed by atoms with Crippen molar-refractivity contribution in [3.05, 3.63) is 74.4 Å². The summed E-state index contributed by atoms with van der Waals surface area (Å²) in [5.41, 5.74) is 1.22. The maximum Gasteiger partial charge on any atom is 0.293 e. The van der Waals surface area contributed by atoms with E-state index in [9.17, 15) is 14.0 Å². The zero-order valence-corrected chi connectivity index (χ0v) is 14.5. The molecule has 2 aromatic rings. The van der Waals surface area contributed by atoms with Crippen molar-refractivity contribution in [2.45, 2.75) is 6.54 Å². The van der Waals surface area contributed by atoms with Gasteiger partial charge in [0.25, 0.3) is 11.1 Å². The van der Waals surface area contributed by atoms with E-state index in [0.717, 1.165) is 16.7 Å². The van der Waals surface area contributed by atoms with E-state index in [1.807, 2.05) is 0 Å². The number of thioether (sulfide) groups is 1. The maximum absolute atomic E-state index is 13.2. The molecule has 3 nitrogen and oxygen atoms in total. The molecule has 122 valence electrons. The molecular formula is C17H10Cl2FNO2S. The lowest BCUT2D eigenvalue weighted by Crippen LogP contribution is -2.27. The first-order valence-electron chi connectivity index (χ1n) is 6.89. The first-order chi connectivity index (χ1) is 11.4. The number of halogens is 3. The molecule has 0 saturated carbocycles. The highest BCUT2D eigenvalue weighted by Crippen LogP contribution is 2.34. The number of hydrogen-bond acceptors (Lipinski definition) is 3. The van der Waals surface area contributed by atoms with Crippen molar-refractivity contribution in [3.63, 3.8) is 0 Å². The minimum atomic E-state index is -0.416. The van der Waals surface area contributed by atoms with Crippen molar-refractivity contribution in [2.24, 2.45) is 0 Å². The zero-order chi connectivity index (χ0) is 17.3. The highest BCUT2D eigenvalue weighted by atomic mass is 35.5. The minimum absolute atomic E-state index is 0.0993. The van der Waals surface area contributed by atoms with Crippen LogP contribution in [0.4, 0.5) is 9.18 Å². The van der Waals surface area contributed by atoms with Gasteiger partial charge in [0, 0.05) is 0 Å². The standard InChI is InChI=1S/C17H10Cl2FNO2S/c18-13-5-4-11(7-14(13)19)9-21-16(22)15(24-17(21)23)8-10-2-1-3-12(20)6-10/h1-8H,9H2/b15-8+. The molecule has 0 aliphatic carbocycles.